The van der Waals surface area contributed by atoms with Crippen LogP contribution in [0, 0.1) is 0 Å². The number of aromatic nitrogens is 3. The van der Waals surface area contributed by atoms with Crippen LogP contribution in [0.2, 0.25) is 0 Å². The highest BCUT2D eigenvalue weighted by atomic mass is 32.1. The van der Waals surface area contributed by atoms with Gasteiger partial charge in [-0.25, -0.2) is 0 Å². The molecule has 108 valence electrons. The van der Waals surface area contributed by atoms with Gasteiger partial charge in [0.1, 0.15) is 12.0 Å². The van der Waals surface area contributed by atoms with Crippen LogP contribution in [0.4, 0.5) is 0 Å². The van der Waals surface area contributed by atoms with Gasteiger partial charge < -0.3 is 4.42 Å². The molecule has 0 bridgehead atoms. The Bertz CT molecular complexity index is 966. The minimum Gasteiger partial charge on any atom is -0.432 e. The molecule has 0 atom stereocenters. The molecule has 5 nitrogen and oxygen atoms in total. The normalized spacial score (nSPS) is 11.1. The van der Waals surface area contributed by atoms with E-state index >= 15 is 0 Å². The summed E-state index contributed by atoms with van der Waals surface area (Å²) in [6.45, 7) is 1.56. The average molecular weight is 309 g/mol. The molecule has 6 heteroatoms. The summed E-state index contributed by atoms with van der Waals surface area (Å²) in [5.74, 6) is 0.579. The minimum absolute atomic E-state index is 0.0517. The Morgan fingerprint density at radius 2 is 2.14 bits per heavy atom. The van der Waals surface area contributed by atoms with E-state index in [-0.39, 0.29) is 5.78 Å². The van der Waals surface area contributed by atoms with Gasteiger partial charge in [-0.3, -0.25) is 14.2 Å². The molecule has 0 unspecified atom stereocenters. The number of oxazole rings is 1. The first kappa shape index (κ1) is 13.0. The van der Waals surface area contributed by atoms with Gasteiger partial charge in [0.05, 0.1) is 10.6 Å². The van der Waals surface area contributed by atoms with Gasteiger partial charge in [-0.05, 0) is 25.1 Å². The molecule has 0 aliphatic heterocycles. The van der Waals surface area contributed by atoms with Gasteiger partial charge in [0, 0.05) is 35.1 Å². The number of thiophene rings is 1. The van der Waals surface area contributed by atoms with Crippen LogP contribution < -0.4 is 0 Å². The number of nitrogens with zero attached hydrogens (tertiary/aromatic N) is 3. The van der Waals surface area contributed by atoms with E-state index in [9.17, 15) is 4.79 Å². The lowest BCUT2D eigenvalue weighted by molar-refractivity contribution is 0.101. The van der Waals surface area contributed by atoms with Gasteiger partial charge >= 0.3 is 5.84 Å². The first-order valence-electron chi connectivity index (χ1n) is 6.70. The fraction of sp³-hybridized carbons (Fsp3) is 0.0625. The van der Waals surface area contributed by atoms with Crippen molar-refractivity contribution in [1.82, 2.24) is 14.4 Å². The van der Waals surface area contributed by atoms with E-state index in [1.165, 1.54) is 11.3 Å². The quantitative estimate of drug-likeness (QED) is 0.538. The van der Waals surface area contributed by atoms with Crippen molar-refractivity contribution in [2.75, 3.05) is 0 Å². The summed E-state index contributed by atoms with van der Waals surface area (Å²) in [5, 5.41) is 1.86. The molecule has 4 aromatic heterocycles. The zero-order chi connectivity index (χ0) is 15.1. The van der Waals surface area contributed by atoms with Crippen LogP contribution in [-0.2, 0) is 0 Å². The zero-order valence-electron chi connectivity index (χ0n) is 11.7. The Hall–Kier alpha value is -2.73. The second-order valence-electron chi connectivity index (χ2n) is 4.86. The number of fused-ring (bicyclic) bond motifs is 1. The van der Waals surface area contributed by atoms with Crippen molar-refractivity contribution in [3.8, 4) is 21.8 Å². The van der Waals surface area contributed by atoms with E-state index in [1.807, 2.05) is 34.2 Å². The number of imidazole rings is 1. The number of carbonyl (C=O) groups is 1. The highest BCUT2D eigenvalue weighted by Gasteiger charge is 2.19. The molecule has 4 aromatic rings. The van der Waals surface area contributed by atoms with E-state index in [0.29, 0.717) is 11.4 Å². The van der Waals surface area contributed by atoms with Crippen LogP contribution in [-0.4, -0.2) is 20.2 Å². The number of pyridine rings is 1. The Morgan fingerprint density at radius 3 is 2.86 bits per heavy atom. The van der Waals surface area contributed by atoms with Gasteiger partial charge in [0.2, 0.25) is 0 Å². The number of hydrogen-bond acceptors (Lipinski definition) is 5. The van der Waals surface area contributed by atoms with E-state index in [4.69, 9.17) is 4.42 Å². The van der Waals surface area contributed by atoms with Gasteiger partial charge in [-0.15, -0.1) is 11.3 Å². The van der Waals surface area contributed by atoms with E-state index in [2.05, 4.69) is 9.97 Å². The van der Waals surface area contributed by atoms with E-state index in [0.717, 1.165) is 21.8 Å². The van der Waals surface area contributed by atoms with Crippen molar-refractivity contribution < 1.29 is 9.21 Å². The first-order valence-corrected chi connectivity index (χ1v) is 7.58. The Kier molecular flexibility index (Phi) is 2.90. The summed E-state index contributed by atoms with van der Waals surface area (Å²) in [4.78, 5) is 21.1. The predicted molar refractivity (Wildman–Crippen MR) is 84.0 cm³/mol. The zero-order valence-corrected chi connectivity index (χ0v) is 12.5. The smallest absolute Gasteiger partial charge is 0.306 e. The fourth-order valence-corrected chi connectivity index (χ4v) is 3.33. The summed E-state index contributed by atoms with van der Waals surface area (Å²) in [6, 6.07) is 5.73. The molecule has 0 saturated heterocycles. The predicted octanol–water partition coefficient (Wildman–Crippen LogP) is 3.92. The van der Waals surface area contributed by atoms with Gasteiger partial charge in [0.15, 0.2) is 5.78 Å². The van der Waals surface area contributed by atoms with Crippen molar-refractivity contribution in [2.24, 2.45) is 0 Å². The molecule has 0 spiro atoms. The van der Waals surface area contributed by atoms with Crippen molar-refractivity contribution in [2.45, 2.75) is 6.92 Å². The second kappa shape index (κ2) is 4.92. The third kappa shape index (κ3) is 1.96. The van der Waals surface area contributed by atoms with Gasteiger partial charge in [-0.2, -0.15) is 4.98 Å². The standard InChI is InChI=1S/C16H11N3O2S/c1-10(20)12-8-13(22-9-12)14-15(11-2-4-17-5-3-11)19-6-7-21-16(19)18-14/h2-9H,1H3. The molecular weight excluding hydrogens is 298 g/mol. The highest BCUT2D eigenvalue weighted by Crippen LogP contribution is 2.36. The van der Waals surface area contributed by atoms with E-state index < -0.39 is 0 Å². The van der Waals surface area contributed by atoms with Crippen molar-refractivity contribution in [3.05, 3.63) is 54.0 Å². The number of carbonyl (C=O) groups excluding carboxylic acids is 1. The van der Waals surface area contributed by atoms with Crippen LogP contribution >= 0.6 is 11.3 Å². The summed E-state index contributed by atoms with van der Waals surface area (Å²) in [6.07, 6.45) is 6.93. The van der Waals surface area contributed by atoms with Crippen LogP contribution in [0.5, 0.6) is 0 Å². The third-order valence-electron chi connectivity index (χ3n) is 3.46. The summed E-state index contributed by atoms with van der Waals surface area (Å²) >= 11 is 1.50. The van der Waals surface area contributed by atoms with Crippen molar-refractivity contribution in [1.29, 1.82) is 0 Å². The topological polar surface area (TPSA) is 60.4 Å². The molecule has 0 amide bonds. The van der Waals surface area contributed by atoms with Crippen LogP contribution in [0.25, 0.3) is 27.7 Å². The number of rotatable bonds is 3. The van der Waals surface area contributed by atoms with E-state index in [1.54, 1.807) is 25.6 Å². The van der Waals surface area contributed by atoms with Crippen molar-refractivity contribution in [3.63, 3.8) is 0 Å². The van der Waals surface area contributed by atoms with Crippen molar-refractivity contribution >= 4 is 23.0 Å². The largest absolute Gasteiger partial charge is 0.432 e. The number of ketones is 1. The third-order valence-corrected chi connectivity index (χ3v) is 4.39. The number of Topliss-reactive ketones (excluding diaryl/α,β-unsaturated/α-hetero) is 1. The Morgan fingerprint density at radius 1 is 1.32 bits per heavy atom. The summed E-state index contributed by atoms with van der Waals surface area (Å²) in [7, 11) is 0. The average Bonchev–Trinajstić information content (AvgIpc) is 3.22. The first-order chi connectivity index (χ1) is 10.7. The maximum absolute atomic E-state index is 11.5. The molecule has 0 fully saturated rings. The minimum atomic E-state index is 0.0517. The van der Waals surface area contributed by atoms with Gasteiger partial charge in [-0.1, -0.05) is 0 Å². The molecule has 4 heterocycles. The molecule has 0 aliphatic carbocycles. The Balaban J connectivity index is 1.97. The molecule has 22 heavy (non-hydrogen) atoms. The lowest BCUT2D eigenvalue weighted by Crippen LogP contribution is -1.88. The molecule has 0 aliphatic rings. The SMILES string of the molecule is CC(=O)c1csc(-c2nc3occn3c2-c2ccncc2)c1. The molecule has 0 saturated carbocycles. The molecule has 0 aromatic carbocycles. The second-order valence-corrected chi connectivity index (χ2v) is 5.77. The highest BCUT2D eigenvalue weighted by molar-refractivity contribution is 7.13. The molecule has 4 rings (SSSR count). The fourth-order valence-electron chi connectivity index (χ4n) is 2.39. The Labute approximate surface area is 129 Å². The molecule has 0 N–H and O–H groups in total. The summed E-state index contributed by atoms with van der Waals surface area (Å²) in [5.41, 5.74) is 3.44. The molecular formula is C16H11N3O2S. The van der Waals surface area contributed by atoms with Crippen LogP contribution in [0.15, 0.2) is 52.9 Å². The maximum Gasteiger partial charge on any atom is 0.306 e. The molecule has 0 radical (unpaired) electrons. The van der Waals surface area contributed by atoms with Crippen LogP contribution in [0.3, 0.4) is 0 Å². The number of hydrogen-bond donors (Lipinski definition) is 0. The lowest BCUT2D eigenvalue weighted by atomic mass is 10.1. The van der Waals surface area contributed by atoms with Gasteiger partial charge in [0.25, 0.3) is 0 Å². The summed E-state index contributed by atoms with van der Waals surface area (Å²) < 4.78 is 7.31. The maximum atomic E-state index is 11.5. The monoisotopic (exact) mass is 309 g/mol. The van der Waals surface area contributed by atoms with Crippen LogP contribution in [0.1, 0.15) is 17.3 Å². The lowest BCUT2D eigenvalue weighted by Gasteiger charge is -2.01.